The number of benzene rings is 1. The molecule has 0 heterocycles. The maximum Gasteiger partial charge on any atom is 0.233 e. The summed E-state index contributed by atoms with van der Waals surface area (Å²) in [6.07, 6.45) is 1.66. The van der Waals surface area contributed by atoms with Crippen molar-refractivity contribution in [2.45, 2.75) is 67.2 Å². The minimum atomic E-state index is -0.572. The quantitative estimate of drug-likeness (QED) is 0.546. The zero-order chi connectivity index (χ0) is 19.9. The Labute approximate surface area is 160 Å². The number of rotatable bonds is 10. The Kier molecular flexibility index (Phi) is 9.04. The fourth-order valence-electron chi connectivity index (χ4n) is 3.60. The summed E-state index contributed by atoms with van der Waals surface area (Å²) in [4.78, 5) is 26.5. The molecule has 3 heteroatoms. The van der Waals surface area contributed by atoms with Crippen molar-refractivity contribution in [2.75, 3.05) is 13.1 Å². The Morgan fingerprint density at radius 3 is 1.88 bits per heavy atom. The first-order valence-corrected chi connectivity index (χ1v) is 10.1. The zero-order valence-corrected chi connectivity index (χ0v) is 17.7. The van der Waals surface area contributed by atoms with Crippen LogP contribution in [0.15, 0.2) is 24.3 Å². The largest absolute Gasteiger partial charge is 0.343 e. The Hall–Kier alpha value is -1.64. The number of ketones is 1. The SMILES string of the molecule is CCN(CC)C(=O)C(Cc1ccc(C(CC(C)C)C(C)C)cc1)C(C)=O. The highest BCUT2D eigenvalue weighted by molar-refractivity contribution is 6.00. The fourth-order valence-corrected chi connectivity index (χ4v) is 3.60. The average Bonchev–Trinajstić information content (AvgIpc) is 2.58. The van der Waals surface area contributed by atoms with Crippen LogP contribution in [0.1, 0.15) is 71.9 Å². The summed E-state index contributed by atoms with van der Waals surface area (Å²) in [6.45, 7) is 15.8. The maximum absolute atomic E-state index is 12.6. The molecule has 1 aromatic rings. The van der Waals surface area contributed by atoms with E-state index < -0.39 is 5.92 Å². The van der Waals surface area contributed by atoms with Crippen LogP contribution >= 0.6 is 0 Å². The predicted molar refractivity (Wildman–Crippen MR) is 109 cm³/mol. The molecular formula is C23H37NO2. The third kappa shape index (κ3) is 6.26. The predicted octanol–water partition coefficient (Wildman–Crippen LogP) is 5.09. The van der Waals surface area contributed by atoms with Gasteiger partial charge in [-0.05, 0) is 62.5 Å². The molecule has 0 saturated carbocycles. The highest BCUT2D eigenvalue weighted by Crippen LogP contribution is 2.31. The van der Waals surface area contributed by atoms with E-state index in [2.05, 4.69) is 52.0 Å². The van der Waals surface area contributed by atoms with Crippen molar-refractivity contribution in [2.24, 2.45) is 17.8 Å². The van der Waals surface area contributed by atoms with E-state index in [0.717, 1.165) is 5.56 Å². The highest BCUT2D eigenvalue weighted by Gasteiger charge is 2.27. The van der Waals surface area contributed by atoms with Gasteiger partial charge in [-0.3, -0.25) is 9.59 Å². The monoisotopic (exact) mass is 359 g/mol. The van der Waals surface area contributed by atoms with E-state index >= 15 is 0 Å². The number of carbonyl (C=O) groups excluding carboxylic acids is 2. The van der Waals surface area contributed by atoms with Crippen LogP contribution in [0, 0.1) is 17.8 Å². The number of hydrogen-bond acceptors (Lipinski definition) is 2. The molecule has 0 N–H and O–H groups in total. The molecule has 0 fully saturated rings. The second-order valence-corrected chi connectivity index (χ2v) is 8.10. The van der Waals surface area contributed by atoms with Crippen molar-refractivity contribution < 1.29 is 9.59 Å². The van der Waals surface area contributed by atoms with Crippen LogP contribution in [-0.4, -0.2) is 29.7 Å². The Morgan fingerprint density at radius 1 is 0.962 bits per heavy atom. The van der Waals surface area contributed by atoms with E-state index in [1.807, 2.05) is 13.8 Å². The molecule has 0 radical (unpaired) electrons. The van der Waals surface area contributed by atoms with Crippen molar-refractivity contribution in [1.82, 2.24) is 4.90 Å². The van der Waals surface area contributed by atoms with Crippen molar-refractivity contribution >= 4 is 11.7 Å². The van der Waals surface area contributed by atoms with Gasteiger partial charge in [0.1, 0.15) is 11.7 Å². The molecule has 0 saturated heterocycles. The standard InChI is InChI=1S/C23H37NO2/c1-8-24(9-2)23(26)22(18(7)25)15-19-10-12-20(13-11-19)21(17(5)6)14-16(3)4/h10-13,16-17,21-22H,8-9,14-15H2,1-7H3. The van der Waals surface area contributed by atoms with Crippen LogP contribution in [0.2, 0.25) is 0 Å². The van der Waals surface area contributed by atoms with Gasteiger partial charge in [0.2, 0.25) is 5.91 Å². The molecule has 1 amide bonds. The van der Waals surface area contributed by atoms with E-state index in [9.17, 15) is 9.59 Å². The van der Waals surface area contributed by atoms with Gasteiger partial charge in [-0.15, -0.1) is 0 Å². The third-order valence-electron chi connectivity index (χ3n) is 5.24. The molecule has 0 aliphatic rings. The zero-order valence-electron chi connectivity index (χ0n) is 17.7. The van der Waals surface area contributed by atoms with E-state index in [1.165, 1.54) is 18.9 Å². The van der Waals surface area contributed by atoms with E-state index in [0.29, 0.717) is 37.3 Å². The second kappa shape index (κ2) is 10.5. The lowest BCUT2D eigenvalue weighted by atomic mass is 9.81. The maximum atomic E-state index is 12.6. The number of nitrogens with zero attached hydrogens (tertiary/aromatic N) is 1. The first-order chi connectivity index (χ1) is 12.2. The molecule has 2 unspecified atom stereocenters. The summed E-state index contributed by atoms with van der Waals surface area (Å²) in [5.74, 6) is 1.13. The van der Waals surface area contributed by atoms with Crippen LogP contribution in [0.4, 0.5) is 0 Å². The smallest absolute Gasteiger partial charge is 0.233 e. The minimum absolute atomic E-state index is 0.0496. The summed E-state index contributed by atoms with van der Waals surface area (Å²) in [5, 5.41) is 0. The van der Waals surface area contributed by atoms with Crippen LogP contribution in [0.25, 0.3) is 0 Å². The molecule has 2 atom stereocenters. The number of amides is 1. The molecule has 1 aromatic carbocycles. The Morgan fingerprint density at radius 2 is 1.50 bits per heavy atom. The number of carbonyl (C=O) groups is 2. The first-order valence-electron chi connectivity index (χ1n) is 10.1. The van der Waals surface area contributed by atoms with Gasteiger partial charge in [-0.1, -0.05) is 52.0 Å². The van der Waals surface area contributed by atoms with Gasteiger partial charge >= 0.3 is 0 Å². The number of hydrogen-bond donors (Lipinski definition) is 0. The Balaban J connectivity index is 2.95. The first kappa shape index (κ1) is 22.4. The number of Topliss-reactive ketones (excluding diaryl/α,β-unsaturated/α-hetero) is 1. The molecule has 3 nitrogen and oxygen atoms in total. The van der Waals surface area contributed by atoms with Crippen molar-refractivity contribution in [3.05, 3.63) is 35.4 Å². The van der Waals surface area contributed by atoms with Crippen molar-refractivity contribution in [3.8, 4) is 0 Å². The molecule has 0 aliphatic heterocycles. The Bertz CT molecular complexity index is 570. The van der Waals surface area contributed by atoms with Crippen LogP contribution in [0.5, 0.6) is 0 Å². The van der Waals surface area contributed by atoms with Crippen LogP contribution in [-0.2, 0) is 16.0 Å². The fraction of sp³-hybridized carbons (Fsp3) is 0.652. The van der Waals surface area contributed by atoms with Gasteiger partial charge in [0.25, 0.3) is 0 Å². The second-order valence-electron chi connectivity index (χ2n) is 8.10. The molecule has 1 rings (SSSR count). The van der Waals surface area contributed by atoms with Crippen molar-refractivity contribution in [3.63, 3.8) is 0 Å². The van der Waals surface area contributed by atoms with Gasteiger partial charge in [0, 0.05) is 13.1 Å². The van der Waals surface area contributed by atoms with Gasteiger partial charge in [0.15, 0.2) is 0 Å². The van der Waals surface area contributed by atoms with Crippen LogP contribution < -0.4 is 0 Å². The molecule has 146 valence electrons. The topological polar surface area (TPSA) is 37.4 Å². The lowest BCUT2D eigenvalue weighted by molar-refractivity contribution is -0.140. The van der Waals surface area contributed by atoms with Gasteiger partial charge in [-0.25, -0.2) is 0 Å². The summed E-state index contributed by atoms with van der Waals surface area (Å²) < 4.78 is 0. The summed E-state index contributed by atoms with van der Waals surface area (Å²) >= 11 is 0. The van der Waals surface area contributed by atoms with Crippen molar-refractivity contribution in [1.29, 1.82) is 0 Å². The normalized spacial score (nSPS) is 13.7. The molecule has 0 spiro atoms. The molecule has 26 heavy (non-hydrogen) atoms. The van der Waals surface area contributed by atoms with E-state index in [-0.39, 0.29) is 11.7 Å². The lowest BCUT2D eigenvalue weighted by Gasteiger charge is -2.25. The third-order valence-corrected chi connectivity index (χ3v) is 5.24. The molecule has 0 aromatic heterocycles. The van der Waals surface area contributed by atoms with Gasteiger partial charge < -0.3 is 4.90 Å². The molecule has 0 bridgehead atoms. The van der Waals surface area contributed by atoms with E-state index in [4.69, 9.17) is 0 Å². The summed E-state index contributed by atoms with van der Waals surface area (Å²) in [6, 6.07) is 8.55. The van der Waals surface area contributed by atoms with Gasteiger partial charge in [0.05, 0.1) is 0 Å². The lowest BCUT2D eigenvalue weighted by Crippen LogP contribution is -2.39. The minimum Gasteiger partial charge on any atom is -0.343 e. The van der Waals surface area contributed by atoms with Crippen LogP contribution in [0.3, 0.4) is 0 Å². The summed E-state index contributed by atoms with van der Waals surface area (Å²) in [5.41, 5.74) is 2.41. The molecule has 0 aliphatic carbocycles. The summed E-state index contributed by atoms with van der Waals surface area (Å²) in [7, 11) is 0. The van der Waals surface area contributed by atoms with Gasteiger partial charge in [-0.2, -0.15) is 0 Å². The van der Waals surface area contributed by atoms with E-state index in [1.54, 1.807) is 4.90 Å². The average molecular weight is 360 g/mol. The highest BCUT2D eigenvalue weighted by atomic mass is 16.2. The molecular weight excluding hydrogens is 322 g/mol.